The van der Waals surface area contributed by atoms with Gasteiger partial charge in [-0.05, 0) is 60.9 Å². The summed E-state index contributed by atoms with van der Waals surface area (Å²) in [5.41, 5.74) is 3.15. The van der Waals surface area contributed by atoms with Crippen LogP contribution in [0.4, 0.5) is 4.39 Å². The molecular formula is C26H21FO4. The summed E-state index contributed by atoms with van der Waals surface area (Å²) in [4.78, 5) is 23.2. The maximum atomic E-state index is 14.8. The third kappa shape index (κ3) is 5.34. The van der Waals surface area contributed by atoms with E-state index in [-0.39, 0.29) is 5.82 Å². The summed E-state index contributed by atoms with van der Waals surface area (Å²) in [6.45, 7) is 10.2. The van der Waals surface area contributed by atoms with Gasteiger partial charge in [-0.3, -0.25) is 0 Å². The summed E-state index contributed by atoms with van der Waals surface area (Å²) in [6.07, 6.45) is 0. The Hall–Kier alpha value is -3.99. The Labute approximate surface area is 180 Å². The van der Waals surface area contributed by atoms with E-state index in [9.17, 15) is 14.0 Å². The lowest BCUT2D eigenvalue weighted by atomic mass is 9.99. The number of hydrogen-bond acceptors (Lipinski definition) is 4. The molecule has 0 unspecified atom stereocenters. The summed E-state index contributed by atoms with van der Waals surface area (Å²) in [7, 11) is 0. The van der Waals surface area contributed by atoms with Crippen LogP contribution in [0.2, 0.25) is 0 Å². The van der Waals surface area contributed by atoms with Gasteiger partial charge in [-0.2, -0.15) is 0 Å². The molecular weight excluding hydrogens is 395 g/mol. The van der Waals surface area contributed by atoms with Crippen LogP contribution in [-0.2, 0) is 9.59 Å². The zero-order chi connectivity index (χ0) is 22.5. The molecule has 3 rings (SSSR count). The van der Waals surface area contributed by atoms with E-state index >= 15 is 0 Å². The molecule has 31 heavy (non-hydrogen) atoms. The summed E-state index contributed by atoms with van der Waals surface area (Å²) in [5.74, 6) is -0.642. The molecule has 0 spiro atoms. The fraction of sp³-hybridized carbons (Fsp3) is 0.0769. The van der Waals surface area contributed by atoms with E-state index in [1.165, 1.54) is 6.07 Å². The minimum Gasteiger partial charge on any atom is -0.423 e. The fourth-order valence-corrected chi connectivity index (χ4v) is 2.74. The lowest BCUT2D eigenvalue weighted by Crippen LogP contribution is -2.07. The number of ether oxygens (including phenoxy) is 2. The van der Waals surface area contributed by atoms with Crippen molar-refractivity contribution in [2.45, 2.75) is 13.8 Å². The minimum absolute atomic E-state index is 0.299. The lowest BCUT2D eigenvalue weighted by molar-refractivity contribution is -0.130. The molecule has 0 atom stereocenters. The highest BCUT2D eigenvalue weighted by Crippen LogP contribution is 2.30. The van der Waals surface area contributed by atoms with E-state index in [4.69, 9.17) is 9.47 Å². The first-order valence-corrected chi connectivity index (χ1v) is 9.50. The van der Waals surface area contributed by atoms with Crippen LogP contribution < -0.4 is 9.47 Å². The molecule has 0 saturated carbocycles. The first kappa shape index (κ1) is 21.7. The van der Waals surface area contributed by atoms with E-state index in [0.717, 1.165) is 5.56 Å². The van der Waals surface area contributed by atoms with Crippen LogP contribution in [0.15, 0.2) is 91.0 Å². The number of carbonyl (C=O) groups is 2. The quantitative estimate of drug-likeness (QED) is 0.276. The average molecular weight is 416 g/mol. The zero-order valence-electron chi connectivity index (χ0n) is 17.3. The monoisotopic (exact) mass is 416 g/mol. The SMILES string of the molecule is C=C(C)C(=O)Oc1ccc(-c2ccc(-c3ccc(OC(=O)C(=C)C)cc3)c(F)c2)cc1. The molecule has 3 aromatic rings. The number of hydrogen-bond donors (Lipinski definition) is 0. The smallest absolute Gasteiger partial charge is 0.338 e. The Kier molecular flexibility index (Phi) is 6.46. The highest BCUT2D eigenvalue weighted by Gasteiger charge is 2.10. The van der Waals surface area contributed by atoms with Crippen molar-refractivity contribution in [3.63, 3.8) is 0 Å². The highest BCUT2D eigenvalue weighted by molar-refractivity contribution is 5.89. The maximum Gasteiger partial charge on any atom is 0.338 e. The second-order valence-electron chi connectivity index (χ2n) is 7.08. The van der Waals surface area contributed by atoms with Crippen LogP contribution in [0.5, 0.6) is 11.5 Å². The van der Waals surface area contributed by atoms with Gasteiger partial charge >= 0.3 is 11.9 Å². The summed E-state index contributed by atoms with van der Waals surface area (Å²) < 4.78 is 25.1. The van der Waals surface area contributed by atoms with Gasteiger partial charge in [0.1, 0.15) is 17.3 Å². The molecule has 0 aliphatic rings. The molecule has 0 N–H and O–H groups in total. The van der Waals surface area contributed by atoms with Gasteiger partial charge in [0.2, 0.25) is 0 Å². The normalized spacial score (nSPS) is 10.3. The van der Waals surface area contributed by atoms with Crippen LogP contribution in [-0.4, -0.2) is 11.9 Å². The third-order valence-corrected chi connectivity index (χ3v) is 4.44. The van der Waals surface area contributed by atoms with Crippen molar-refractivity contribution in [2.75, 3.05) is 0 Å². The lowest BCUT2D eigenvalue weighted by Gasteiger charge is -2.09. The van der Waals surface area contributed by atoms with Gasteiger partial charge in [0.15, 0.2) is 0 Å². The van der Waals surface area contributed by atoms with Gasteiger partial charge in [0, 0.05) is 16.7 Å². The molecule has 4 nitrogen and oxygen atoms in total. The number of rotatable bonds is 6. The second-order valence-corrected chi connectivity index (χ2v) is 7.08. The van der Waals surface area contributed by atoms with Gasteiger partial charge in [0.25, 0.3) is 0 Å². The molecule has 0 fully saturated rings. The topological polar surface area (TPSA) is 52.6 Å². The standard InChI is InChI=1S/C26H21FO4/c1-16(2)25(28)30-21-10-5-18(6-11-21)20-9-14-23(24(27)15-20)19-7-12-22(13-8-19)31-26(29)17(3)4/h5-15H,1,3H2,2,4H3. The van der Waals surface area contributed by atoms with Gasteiger partial charge < -0.3 is 9.47 Å². The molecule has 0 amide bonds. The molecule has 156 valence electrons. The van der Waals surface area contributed by atoms with Crippen molar-refractivity contribution >= 4 is 11.9 Å². The molecule has 0 bridgehead atoms. The van der Waals surface area contributed by atoms with E-state index in [2.05, 4.69) is 13.2 Å². The van der Waals surface area contributed by atoms with Crippen LogP contribution in [0.3, 0.4) is 0 Å². The Morgan fingerprint density at radius 1 is 0.677 bits per heavy atom. The van der Waals surface area contributed by atoms with Crippen LogP contribution >= 0.6 is 0 Å². The van der Waals surface area contributed by atoms with Crippen LogP contribution in [0.1, 0.15) is 13.8 Å². The van der Waals surface area contributed by atoms with Gasteiger partial charge in [-0.25, -0.2) is 14.0 Å². The maximum absolute atomic E-state index is 14.8. The Morgan fingerprint density at radius 3 is 1.52 bits per heavy atom. The van der Waals surface area contributed by atoms with Crippen molar-refractivity contribution < 1.29 is 23.5 Å². The van der Waals surface area contributed by atoms with E-state index in [1.54, 1.807) is 68.4 Å². The minimum atomic E-state index is -0.510. The summed E-state index contributed by atoms with van der Waals surface area (Å²) >= 11 is 0. The molecule has 3 aromatic carbocycles. The summed E-state index contributed by atoms with van der Waals surface area (Å²) in [5, 5.41) is 0. The fourth-order valence-electron chi connectivity index (χ4n) is 2.74. The third-order valence-electron chi connectivity index (χ3n) is 4.44. The van der Waals surface area contributed by atoms with Crippen molar-refractivity contribution in [2.24, 2.45) is 0 Å². The van der Waals surface area contributed by atoms with E-state index < -0.39 is 11.9 Å². The van der Waals surface area contributed by atoms with Gasteiger partial charge in [-0.1, -0.05) is 49.6 Å². The molecule has 0 aliphatic heterocycles. The molecule has 0 saturated heterocycles. The van der Waals surface area contributed by atoms with Crippen molar-refractivity contribution in [3.8, 4) is 33.8 Å². The molecule has 0 radical (unpaired) electrons. The molecule has 0 aromatic heterocycles. The number of carbonyl (C=O) groups excluding carboxylic acids is 2. The largest absolute Gasteiger partial charge is 0.423 e. The molecule has 5 heteroatoms. The predicted molar refractivity (Wildman–Crippen MR) is 118 cm³/mol. The first-order chi connectivity index (χ1) is 14.7. The number of esters is 2. The van der Waals surface area contributed by atoms with Gasteiger partial charge in [-0.15, -0.1) is 0 Å². The second kappa shape index (κ2) is 9.22. The van der Waals surface area contributed by atoms with Crippen molar-refractivity contribution in [1.82, 2.24) is 0 Å². The van der Waals surface area contributed by atoms with Crippen LogP contribution in [0.25, 0.3) is 22.3 Å². The van der Waals surface area contributed by atoms with Crippen molar-refractivity contribution in [3.05, 3.63) is 96.9 Å². The Morgan fingerprint density at radius 2 is 1.10 bits per heavy atom. The van der Waals surface area contributed by atoms with Crippen molar-refractivity contribution in [1.29, 1.82) is 0 Å². The Balaban J connectivity index is 1.77. The van der Waals surface area contributed by atoms with Gasteiger partial charge in [0.05, 0.1) is 0 Å². The summed E-state index contributed by atoms with van der Waals surface area (Å²) in [6, 6.07) is 18.3. The number of benzene rings is 3. The first-order valence-electron chi connectivity index (χ1n) is 9.50. The average Bonchev–Trinajstić information content (AvgIpc) is 2.74. The van der Waals surface area contributed by atoms with E-state index in [1.807, 2.05) is 6.07 Å². The van der Waals surface area contributed by atoms with Crippen LogP contribution in [0, 0.1) is 5.82 Å². The highest BCUT2D eigenvalue weighted by atomic mass is 19.1. The van der Waals surface area contributed by atoms with E-state index in [0.29, 0.717) is 39.3 Å². The molecule has 0 aliphatic carbocycles. The number of halogens is 1. The molecule has 0 heterocycles. The Bertz CT molecular complexity index is 1160. The zero-order valence-corrected chi connectivity index (χ0v) is 17.3. The predicted octanol–water partition coefficient (Wildman–Crippen LogP) is 6.12.